The molecule has 0 aromatic carbocycles. The number of imidazole rings is 1. The van der Waals surface area contributed by atoms with Crippen molar-refractivity contribution in [3.63, 3.8) is 0 Å². The second-order valence-corrected chi connectivity index (χ2v) is 2.07. The summed E-state index contributed by atoms with van der Waals surface area (Å²) in [7, 11) is 1.88. The molecule has 1 rings (SSSR count). The smallest absolute Gasteiger partial charge is 0.128 e. The van der Waals surface area contributed by atoms with Crippen LogP contribution in [-0.4, -0.2) is 9.55 Å². The molecule has 1 aromatic rings. The number of rotatable bonds is 0. The summed E-state index contributed by atoms with van der Waals surface area (Å²) in [5.74, 6) is 0.940. The highest BCUT2D eigenvalue weighted by molar-refractivity contribution is 6.29. The van der Waals surface area contributed by atoms with Crippen LogP contribution in [0.4, 0.5) is 0 Å². The number of aryl methyl sites for hydroxylation is 1. The van der Waals surface area contributed by atoms with Gasteiger partial charge in [-0.25, -0.2) is 4.98 Å². The molecule has 0 bridgehead atoms. The molecule has 0 unspecified atom stereocenters. The fraction of sp³-hybridized carbons (Fsp3) is 0.400. The Morgan fingerprint density at radius 3 is 2.50 bits per heavy atom. The van der Waals surface area contributed by atoms with Gasteiger partial charge in [-0.1, -0.05) is 11.6 Å². The number of hydrogen-bond donors (Lipinski definition) is 0. The average Bonchev–Trinajstić information content (AvgIpc) is 1.98. The predicted octanol–water partition coefficient (Wildman–Crippen LogP) is 1.38. The molecule has 8 heavy (non-hydrogen) atoms. The molecule has 0 atom stereocenters. The zero-order chi connectivity index (χ0) is 6.15. The van der Waals surface area contributed by atoms with Crippen molar-refractivity contribution in [1.82, 2.24) is 9.55 Å². The molecule has 0 aliphatic rings. The minimum Gasteiger partial charge on any atom is -0.322 e. The summed E-state index contributed by atoms with van der Waals surface area (Å²) >= 11 is 5.63. The van der Waals surface area contributed by atoms with E-state index in [0.29, 0.717) is 5.15 Å². The van der Waals surface area contributed by atoms with Gasteiger partial charge in [-0.2, -0.15) is 0 Å². The van der Waals surface area contributed by atoms with Crippen molar-refractivity contribution in [2.45, 2.75) is 6.92 Å². The van der Waals surface area contributed by atoms with Crippen LogP contribution in [0.3, 0.4) is 0 Å². The summed E-state index contributed by atoms with van der Waals surface area (Å²) in [6, 6.07) is 0. The Morgan fingerprint density at radius 2 is 2.38 bits per heavy atom. The van der Waals surface area contributed by atoms with Crippen LogP contribution in [-0.2, 0) is 7.05 Å². The quantitative estimate of drug-likeness (QED) is 0.519. The van der Waals surface area contributed by atoms with Gasteiger partial charge in [0.2, 0.25) is 0 Å². The lowest BCUT2D eigenvalue weighted by atomic mass is 10.7. The van der Waals surface area contributed by atoms with E-state index in [2.05, 4.69) is 4.98 Å². The average molecular weight is 131 g/mol. The number of halogens is 1. The Morgan fingerprint density at radius 1 is 1.75 bits per heavy atom. The molecule has 0 amide bonds. The van der Waals surface area contributed by atoms with E-state index in [4.69, 9.17) is 11.6 Å². The van der Waals surface area contributed by atoms with Crippen LogP contribution in [0.15, 0.2) is 6.20 Å². The Bertz CT molecular complexity index is 173. The van der Waals surface area contributed by atoms with Gasteiger partial charge in [-0.15, -0.1) is 0 Å². The van der Waals surface area contributed by atoms with Gasteiger partial charge in [0.25, 0.3) is 0 Å². The van der Waals surface area contributed by atoms with Crippen molar-refractivity contribution in [2.75, 3.05) is 0 Å². The summed E-state index contributed by atoms with van der Waals surface area (Å²) < 4.78 is 1.82. The molecule has 0 aliphatic carbocycles. The molecular weight excluding hydrogens is 124 g/mol. The van der Waals surface area contributed by atoms with Gasteiger partial charge in [0.05, 0.1) is 6.20 Å². The largest absolute Gasteiger partial charge is 0.322 e. The molecule has 44 valence electrons. The Balaban J connectivity index is 3.19. The van der Waals surface area contributed by atoms with E-state index in [1.807, 2.05) is 18.5 Å². The van der Waals surface area contributed by atoms with Gasteiger partial charge in [0, 0.05) is 7.05 Å². The molecule has 0 N–H and O–H groups in total. The van der Waals surface area contributed by atoms with Gasteiger partial charge in [0.15, 0.2) is 0 Å². The maximum Gasteiger partial charge on any atom is 0.128 e. The van der Waals surface area contributed by atoms with Gasteiger partial charge in [-0.05, 0) is 6.92 Å². The van der Waals surface area contributed by atoms with Crippen molar-refractivity contribution in [2.24, 2.45) is 7.05 Å². The van der Waals surface area contributed by atoms with Crippen molar-refractivity contribution in [3.05, 3.63) is 17.2 Å². The maximum absolute atomic E-state index is 5.63. The summed E-state index contributed by atoms with van der Waals surface area (Å²) in [5.41, 5.74) is 0. The van der Waals surface area contributed by atoms with E-state index in [0.717, 1.165) is 5.82 Å². The molecule has 0 saturated heterocycles. The fourth-order valence-electron chi connectivity index (χ4n) is 0.474. The SMILES string of the molecule is Cc1ncc(Cl)n1C. The van der Waals surface area contributed by atoms with Gasteiger partial charge >= 0.3 is 0 Å². The third kappa shape index (κ3) is 0.713. The predicted molar refractivity (Wildman–Crippen MR) is 33.0 cm³/mol. The molecule has 0 saturated carbocycles. The summed E-state index contributed by atoms with van der Waals surface area (Å²) in [6.07, 6.45) is 1.64. The molecule has 0 radical (unpaired) electrons. The first kappa shape index (κ1) is 5.63. The zero-order valence-electron chi connectivity index (χ0n) is 4.85. The van der Waals surface area contributed by atoms with E-state index in [1.165, 1.54) is 0 Å². The second-order valence-electron chi connectivity index (χ2n) is 1.69. The zero-order valence-corrected chi connectivity index (χ0v) is 5.61. The summed E-state index contributed by atoms with van der Waals surface area (Å²) in [5, 5.41) is 0.683. The van der Waals surface area contributed by atoms with Gasteiger partial charge in [0.1, 0.15) is 11.0 Å². The topological polar surface area (TPSA) is 17.8 Å². The van der Waals surface area contributed by atoms with Crippen molar-refractivity contribution >= 4 is 11.6 Å². The normalized spacial score (nSPS) is 9.88. The van der Waals surface area contributed by atoms with E-state index in [1.54, 1.807) is 6.20 Å². The number of nitrogens with zero attached hydrogens (tertiary/aromatic N) is 2. The van der Waals surface area contributed by atoms with Crippen molar-refractivity contribution < 1.29 is 0 Å². The van der Waals surface area contributed by atoms with Crippen LogP contribution < -0.4 is 0 Å². The van der Waals surface area contributed by atoms with Crippen LogP contribution in [0, 0.1) is 6.92 Å². The van der Waals surface area contributed by atoms with E-state index < -0.39 is 0 Å². The molecule has 1 heterocycles. The summed E-state index contributed by atoms with van der Waals surface area (Å²) in [6.45, 7) is 1.91. The van der Waals surface area contributed by atoms with Gasteiger partial charge in [-0.3, -0.25) is 0 Å². The van der Waals surface area contributed by atoms with Crippen LogP contribution >= 0.6 is 11.6 Å². The molecule has 0 spiro atoms. The van der Waals surface area contributed by atoms with E-state index in [9.17, 15) is 0 Å². The third-order valence-electron chi connectivity index (χ3n) is 1.16. The number of aromatic nitrogens is 2. The van der Waals surface area contributed by atoms with Crippen LogP contribution in [0.2, 0.25) is 5.15 Å². The van der Waals surface area contributed by atoms with Gasteiger partial charge < -0.3 is 4.57 Å². The standard InChI is InChI=1S/C5H7ClN2/c1-4-7-3-5(6)8(4)2/h3H,1-2H3. The minimum atomic E-state index is 0.683. The summed E-state index contributed by atoms with van der Waals surface area (Å²) in [4.78, 5) is 3.95. The first-order valence-electron chi connectivity index (χ1n) is 2.35. The highest BCUT2D eigenvalue weighted by atomic mass is 35.5. The Hall–Kier alpha value is -0.500. The van der Waals surface area contributed by atoms with Crippen LogP contribution in [0.5, 0.6) is 0 Å². The molecule has 1 aromatic heterocycles. The Labute approximate surface area is 53.1 Å². The van der Waals surface area contributed by atoms with E-state index >= 15 is 0 Å². The monoisotopic (exact) mass is 130 g/mol. The van der Waals surface area contributed by atoms with Crippen LogP contribution in [0.1, 0.15) is 5.82 Å². The minimum absolute atomic E-state index is 0.683. The first-order valence-corrected chi connectivity index (χ1v) is 2.73. The first-order chi connectivity index (χ1) is 3.72. The Kier molecular flexibility index (Phi) is 1.26. The number of hydrogen-bond acceptors (Lipinski definition) is 1. The highest BCUT2D eigenvalue weighted by Crippen LogP contribution is 2.06. The van der Waals surface area contributed by atoms with E-state index in [-0.39, 0.29) is 0 Å². The highest BCUT2D eigenvalue weighted by Gasteiger charge is 1.95. The maximum atomic E-state index is 5.63. The lowest BCUT2D eigenvalue weighted by Gasteiger charge is -1.91. The molecule has 2 nitrogen and oxygen atoms in total. The lowest BCUT2D eigenvalue weighted by molar-refractivity contribution is 0.859. The fourth-order valence-corrected chi connectivity index (χ4v) is 0.646. The second kappa shape index (κ2) is 1.78. The lowest BCUT2D eigenvalue weighted by Crippen LogP contribution is -1.89. The molecule has 3 heteroatoms. The third-order valence-corrected chi connectivity index (χ3v) is 1.51. The molecular formula is C5H7ClN2. The van der Waals surface area contributed by atoms with Crippen molar-refractivity contribution in [3.8, 4) is 0 Å². The molecule has 0 aliphatic heterocycles. The van der Waals surface area contributed by atoms with Crippen LogP contribution in [0.25, 0.3) is 0 Å². The molecule has 0 fully saturated rings. The van der Waals surface area contributed by atoms with Crippen molar-refractivity contribution in [1.29, 1.82) is 0 Å².